The van der Waals surface area contributed by atoms with E-state index in [9.17, 15) is 5.11 Å². The Labute approximate surface area is 134 Å². The van der Waals surface area contributed by atoms with Gasteiger partial charge < -0.3 is 9.84 Å². The smallest absolute Gasteiger partial charge is 0.126 e. The monoisotopic (exact) mass is 322 g/mol. The number of fused-ring (bicyclic) bond motifs is 1. The molecule has 1 aliphatic heterocycles. The van der Waals surface area contributed by atoms with Crippen LogP contribution in [0.15, 0.2) is 30.3 Å². The van der Waals surface area contributed by atoms with Gasteiger partial charge >= 0.3 is 0 Å². The average molecular weight is 323 g/mol. The summed E-state index contributed by atoms with van der Waals surface area (Å²) in [7, 11) is 0. The molecule has 2 nitrogen and oxygen atoms in total. The number of hydrogen-bond donors (Lipinski definition) is 1. The second-order valence-corrected chi connectivity index (χ2v) is 6.31. The van der Waals surface area contributed by atoms with Gasteiger partial charge in [-0.2, -0.15) is 0 Å². The van der Waals surface area contributed by atoms with Crippen LogP contribution in [0.4, 0.5) is 0 Å². The molecule has 1 N–H and O–H groups in total. The Balaban J connectivity index is 1.90. The molecule has 0 spiro atoms. The summed E-state index contributed by atoms with van der Waals surface area (Å²) >= 11 is 12.2. The summed E-state index contributed by atoms with van der Waals surface area (Å²) in [6, 6.07) is 9.42. The standard InChI is InChI=1S/C17H16Cl2O2/c1-10-4-12(7-14(18)5-10)16(20)9-13-8-15(19)6-11-2-3-21-17(11)13/h4-8,16,20H,2-3,9H2,1H3. The van der Waals surface area contributed by atoms with E-state index in [-0.39, 0.29) is 0 Å². The van der Waals surface area contributed by atoms with E-state index in [1.165, 1.54) is 0 Å². The summed E-state index contributed by atoms with van der Waals surface area (Å²) in [6.07, 6.45) is 0.701. The Kier molecular flexibility index (Phi) is 4.12. The first-order valence-corrected chi connectivity index (χ1v) is 7.68. The maximum atomic E-state index is 10.5. The molecular formula is C17H16Cl2O2. The second-order valence-electron chi connectivity index (χ2n) is 5.43. The summed E-state index contributed by atoms with van der Waals surface area (Å²) < 4.78 is 5.67. The summed E-state index contributed by atoms with van der Waals surface area (Å²) in [4.78, 5) is 0. The van der Waals surface area contributed by atoms with Gasteiger partial charge in [-0.05, 0) is 53.4 Å². The summed E-state index contributed by atoms with van der Waals surface area (Å²) in [5, 5.41) is 11.8. The van der Waals surface area contributed by atoms with Crippen LogP contribution >= 0.6 is 23.2 Å². The van der Waals surface area contributed by atoms with Crippen molar-refractivity contribution < 1.29 is 9.84 Å². The van der Waals surface area contributed by atoms with Gasteiger partial charge in [-0.15, -0.1) is 0 Å². The predicted octanol–water partition coefficient (Wildman–Crippen LogP) is 4.51. The molecular weight excluding hydrogens is 307 g/mol. The number of ether oxygens (including phenoxy) is 1. The zero-order valence-corrected chi connectivity index (χ0v) is 13.2. The number of aryl methyl sites for hydroxylation is 1. The van der Waals surface area contributed by atoms with Gasteiger partial charge in [-0.3, -0.25) is 0 Å². The van der Waals surface area contributed by atoms with Crippen molar-refractivity contribution >= 4 is 23.2 Å². The van der Waals surface area contributed by atoms with Crippen LogP contribution in [0.25, 0.3) is 0 Å². The fourth-order valence-electron chi connectivity index (χ4n) is 2.78. The van der Waals surface area contributed by atoms with Gasteiger partial charge in [0.1, 0.15) is 5.75 Å². The van der Waals surface area contributed by atoms with Crippen molar-refractivity contribution in [3.8, 4) is 5.75 Å². The average Bonchev–Trinajstić information content (AvgIpc) is 2.85. The van der Waals surface area contributed by atoms with Crippen molar-refractivity contribution in [2.45, 2.75) is 25.9 Å². The zero-order chi connectivity index (χ0) is 15.0. The first-order valence-electron chi connectivity index (χ1n) is 6.92. The molecule has 21 heavy (non-hydrogen) atoms. The topological polar surface area (TPSA) is 29.5 Å². The Bertz CT molecular complexity index is 662. The molecule has 0 saturated carbocycles. The van der Waals surface area contributed by atoms with E-state index >= 15 is 0 Å². The highest BCUT2D eigenvalue weighted by Crippen LogP contribution is 2.35. The van der Waals surface area contributed by atoms with Crippen LogP contribution in [0.3, 0.4) is 0 Å². The Morgan fingerprint density at radius 3 is 2.67 bits per heavy atom. The van der Waals surface area contributed by atoms with E-state index in [1.807, 2.05) is 31.2 Å². The van der Waals surface area contributed by atoms with Gasteiger partial charge in [0.2, 0.25) is 0 Å². The highest BCUT2D eigenvalue weighted by molar-refractivity contribution is 6.31. The maximum absolute atomic E-state index is 10.5. The number of benzene rings is 2. The minimum atomic E-state index is -0.630. The van der Waals surface area contributed by atoms with E-state index in [1.54, 1.807) is 6.07 Å². The van der Waals surface area contributed by atoms with Crippen LogP contribution in [-0.2, 0) is 12.8 Å². The van der Waals surface area contributed by atoms with E-state index < -0.39 is 6.10 Å². The predicted molar refractivity (Wildman–Crippen MR) is 85.5 cm³/mol. The van der Waals surface area contributed by atoms with Gasteiger partial charge in [-0.25, -0.2) is 0 Å². The molecule has 110 valence electrons. The summed E-state index contributed by atoms with van der Waals surface area (Å²) in [6.45, 7) is 2.64. The van der Waals surface area contributed by atoms with Crippen LogP contribution in [-0.4, -0.2) is 11.7 Å². The molecule has 0 aromatic heterocycles. The van der Waals surface area contributed by atoms with E-state index in [4.69, 9.17) is 27.9 Å². The third-order valence-electron chi connectivity index (χ3n) is 3.69. The molecule has 0 aliphatic carbocycles. The fourth-order valence-corrected chi connectivity index (χ4v) is 3.34. The van der Waals surface area contributed by atoms with Gasteiger partial charge in [0.25, 0.3) is 0 Å². The van der Waals surface area contributed by atoms with E-state index in [0.29, 0.717) is 23.1 Å². The molecule has 1 heterocycles. The first kappa shape index (κ1) is 14.7. The van der Waals surface area contributed by atoms with Crippen LogP contribution in [0.5, 0.6) is 5.75 Å². The van der Waals surface area contributed by atoms with Crippen LogP contribution in [0, 0.1) is 6.92 Å². The summed E-state index contributed by atoms with van der Waals surface area (Å²) in [5.41, 5.74) is 3.91. The molecule has 3 rings (SSSR count). The number of hydrogen-bond acceptors (Lipinski definition) is 2. The van der Waals surface area contributed by atoms with Gasteiger partial charge in [0, 0.05) is 22.9 Å². The molecule has 4 heteroatoms. The molecule has 2 aromatic rings. The maximum Gasteiger partial charge on any atom is 0.126 e. The Morgan fingerprint density at radius 1 is 1.14 bits per heavy atom. The van der Waals surface area contributed by atoms with Crippen molar-refractivity contribution in [2.75, 3.05) is 6.61 Å². The number of halogens is 2. The van der Waals surface area contributed by atoms with Crippen molar-refractivity contribution in [1.82, 2.24) is 0 Å². The minimum Gasteiger partial charge on any atom is -0.493 e. The molecule has 1 unspecified atom stereocenters. The van der Waals surface area contributed by atoms with Gasteiger partial charge in [-0.1, -0.05) is 29.3 Å². The number of aliphatic hydroxyl groups excluding tert-OH is 1. The Morgan fingerprint density at radius 2 is 1.90 bits per heavy atom. The van der Waals surface area contributed by atoms with Crippen LogP contribution in [0.2, 0.25) is 10.0 Å². The van der Waals surface area contributed by atoms with Crippen molar-refractivity contribution in [3.63, 3.8) is 0 Å². The largest absolute Gasteiger partial charge is 0.493 e. The highest BCUT2D eigenvalue weighted by Gasteiger charge is 2.20. The van der Waals surface area contributed by atoms with Crippen LogP contribution in [0.1, 0.15) is 28.4 Å². The number of rotatable bonds is 3. The lowest BCUT2D eigenvalue weighted by Crippen LogP contribution is -2.04. The van der Waals surface area contributed by atoms with Crippen molar-refractivity contribution in [1.29, 1.82) is 0 Å². The quantitative estimate of drug-likeness (QED) is 0.900. The van der Waals surface area contributed by atoms with Crippen molar-refractivity contribution in [3.05, 3.63) is 62.6 Å². The third-order valence-corrected chi connectivity index (χ3v) is 4.12. The molecule has 0 saturated heterocycles. The first-order chi connectivity index (χ1) is 10.0. The van der Waals surface area contributed by atoms with Gasteiger partial charge in [0.15, 0.2) is 0 Å². The van der Waals surface area contributed by atoms with E-state index in [0.717, 1.165) is 34.4 Å². The SMILES string of the molecule is Cc1cc(Cl)cc(C(O)Cc2cc(Cl)cc3c2OCC3)c1. The Hall–Kier alpha value is -1.22. The number of aliphatic hydroxyl groups is 1. The third kappa shape index (κ3) is 3.18. The second kappa shape index (κ2) is 5.88. The van der Waals surface area contributed by atoms with Crippen molar-refractivity contribution in [2.24, 2.45) is 0 Å². The van der Waals surface area contributed by atoms with E-state index in [2.05, 4.69) is 0 Å². The molecule has 2 aromatic carbocycles. The van der Waals surface area contributed by atoms with Crippen LogP contribution < -0.4 is 4.74 Å². The molecule has 0 fully saturated rings. The zero-order valence-electron chi connectivity index (χ0n) is 11.7. The minimum absolute atomic E-state index is 0.461. The fraction of sp³-hybridized carbons (Fsp3) is 0.294. The molecule has 0 bridgehead atoms. The molecule has 0 amide bonds. The highest BCUT2D eigenvalue weighted by atomic mass is 35.5. The van der Waals surface area contributed by atoms with Gasteiger partial charge in [0.05, 0.1) is 12.7 Å². The lowest BCUT2D eigenvalue weighted by atomic mass is 9.98. The lowest BCUT2D eigenvalue weighted by molar-refractivity contribution is 0.177. The molecule has 1 aliphatic rings. The molecule has 0 radical (unpaired) electrons. The summed E-state index contributed by atoms with van der Waals surface area (Å²) in [5.74, 6) is 0.872. The lowest BCUT2D eigenvalue weighted by Gasteiger charge is -2.15. The normalized spacial score (nSPS) is 14.7. The molecule has 1 atom stereocenters.